The van der Waals surface area contributed by atoms with E-state index in [9.17, 15) is 35.4 Å². The number of ether oxygens (including phenoxy) is 4. The van der Waals surface area contributed by atoms with E-state index in [2.05, 4.69) is 6.58 Å². The van der Waals surface area contributed by atoms with E-state index in [1.165, 1.54) is 6.92 Å². The largest absolute Gasteiger partial charge is 0.451 e. The molecule has 12 heteroatoms. The summed E-state index contributed by atoms with van der Waals surface area (Å²) in [6, 6.07) is 0. The minimum Gasteiger partial charge on any atom is -0.451 e. The normalized spacial score (nSPS) is 44.1. The van der Waals surface area contributed by atoms with Gasteiger partial charge in [0.25, 0.3) is 0 Å². The van der Waals surface area contributed by atoms with Crippen molar-refractivity contribution in [2.75, 3.05) is 13.2 Å². The molecule has 0 amide bonds. The molecule has 0 bridgehead atoms. The minimum atomic E-state index is -1.81. The number of aliphatic hydroxyl groups is 7. The van der Waals surface area contributed by atoms with Gasteiger partial charge in [-0.25, -0.2) is 4.79 Å². The number of aliphatic hydroxyl groups excluding tert-OH is 7. The highest BCUT2D eigenvalue weighted by Gasteiger charge is 2.51. The molecular formula is C16H26O12. The maximum absolute atomic E-state index is 11.8. The zero-order chi connectivity index (χ0) is 21.2. The Morgan fingerprint density at radius 2 is 1.39 bits per heavy atom. The molecule has 2 heterocycles. The number of carbonyl (C=O) groups excluding carboxylic acids is 1. The Balaban J connectivity index is 2.22. The van der Waals surface area contributed by atoms with Gasteiger partial charge in [0.15, 0.2) is 18.7 Å². The Morgan fingerprint density at radius 3 is 1.89 bits per heavy atom. The summed E-state index contributed by atoms with van der Waals surface area (Å²) in [4.78, 5) is 11.8. The number of hydrogen-bond acceptors (Lipinski definition) is 12. The highest BCUT2D eigenvalue weighted by atomic mass is 16.7. The van der Waals surface area contributed by atoms with Crippen LogP contribution in [0.3, 0.4) is 0 Å². The molecule has 0 aromatic carbocycles. The molecule has 0 aromatic rings. The third kappa shape index (κ3) is 4.68. The second kappa shape index (κ2) is 9.54. The maximum Gasteiger partial charge on any atom is 0.333 e. The van der Waals surface area contributed by atoms with Crippen LogP contribution >= 0.6 is 0 Å². The van der Waals surface area contributed by atoms with Crippen LogP contribution in [0.4, 0.5) is 0 Å². The van der Waals surface area contributed by atoms with Crippen LogP contribution in [-0.4, -0.2) is 116 Å². The first kappa shape index (κ1) is 23.1. The summed E-state index contributed by atoms with van der Waals surface area (Å²) in [6.45, 7) is 3.33. The van der Waals surface area contributed by atoms with E-state index in [1.54, 1.807) is 0 Å². The molecular weight excluding hydrogens is 384 g/mol. The van der Waals surface area contributed by atoms with E-state index in [4.69, 9.17) is 24.1 Å². The van der Waals surface area contributed by atoms with E-state index in [-0.39, 0.29) is 5.57 Å². The summed E-state index contributed by atoms with van der Waals surface area (Å²) >= 11 is 0. The number of esters is 1. The van der Waals surface area contributed by atoms with Crippen LogP contribution in [0.5, 0.6) is 0 Å². The highest BCUT2D eigenvalue weighted by molar-refractivity contribution is 5.87. The average Bonchev–Trinajstić information content (AvgIpc) is 2.66. The molecule has 2 rings (SSSR count). The van der Waals surface area contributed by atoms with Gasteiger partial charge in [-0.05, 0) is 6.92 Å². The number of carbonyl (C=O) groups is 1. The van der Waals surface area contributed by atoms with Crippen molar-refractivity contribution in [2.45, 2.75) is 68.3 Å². The van der Waals surface area contributed by atoms with Gasteiger partial charge in [0.05, 0.1) is 13.2 Å². The van der Waals surface area contributed by atoms with Gasteiger partial charge >= 0.3 is 5.97 Å². The van der Waals surface area contributed by atoms with Gasteiger partial charge in [-0.1, -0.05) is 6.58 Å². The second-order valence-electron chi connectivity index (χ2n) is 6.69. The van der Waals surface area contributed by atoms with Gasteiger partial charge in [0.2, 0.25) is 0 Å². The van der Waals surface area contributed by atoms with Crippen LogP contribution in [0.15, 0.2) is 12.2 Å². The van der Waals surface area contributed by atoms with Crippen LogP contribution in [-0.2, 0) is 23.7 Å². The average molecular weight is 410 g/mol. The second-order valence-corrected chi connectivity index (χ2v) is 6.69. The molecule has 7 N–H and O–H groups in total. The molecule has 2 saturated heterocycles. The summed E-state index contributed by atoms with van der Waals surface area (Å²) in [6.07, 6.45) is -16.0. The molecule has 10 atom stereocenters. The molecule has 0 spiro atoms. The highest BCUT2D eigenvalue weighted by Crippen LogP contribution is 2.30. The van der Waals surface area contributed by atoms with Gasteiger partial charge in [-0.3, -0.25) is 0 Å². The molecule has 162 valence electrons. The first-order chi connectivity index (χ1) is 13.1. The molecule has 0 saturated carbocycles. The summed E-state index contributed by atoms with van der Waals surface area (Å²) in [5.74, 6) is -0.933. The Hall–Kier alpha value is -1.19. The van der Waals surface area contributed by atoms with E-state index >= 15 is 0 Å². The molecule has 28 heavy (non-hydrogen) atoms. The van der Waals surface area contributed by atoms with Crippen molar-refractivity contribution in [3.63, 3.8) is 0 Å². The molecule has 0 unspecified atom stereocenters. The Morgan fingerprint density at radius 1 is 0.893 bits per heavy atom. The van der Waals surface area contributed by atoms with E-state index in [1.807, 2.05) is 0 Å². The molecule has 0 radical (unpaired) electrons. The Labute approximate surface area is 160 Å². The lowest BCUT2D eigenvalue weighted by atomic mass is 9.97. The lowest BCUT2D eigenvalue weighted by molar-refractivity contribution is -0.362. The van der Waals surface area contributed by atoms with E-state index in [0.717, 1.165) is 0 Å². The molecule has 2 fully saturated rings. The van der Waals surface area contributed by atoms with Crippen LogP contribution in [0.25, 0.3) is 0 Å². The number of rotatable bonds is 6. The first-order valence-corrected chi connectivity index (χ1v) is 8.57. The first-order valence-electron chi connectivity index (χ1n) is 8.57. The molecule has 0 aromatic heterocycles. The smallest absolute Gasteiger partial charge is 0.333 e. The molecule has 0 aliphatic carbocycles. The van der Waals surface area contributed by atoms with Crippen molar-refractivity contribution in [3.05, 3.63) is 12.2 Å². The SMILES string of the molecule is C=C(C)C(=O)O[C@H]1[C@H](O[C@@H]2[C@@H](O)[C@H](O)[C@@H](CO)O[C@@H]2O)O[C@H](CO)[C@@H](O)[C@@H]1O. The summed E-state index contributed by atoms with van der Waals surface area (Å²) < 4.78 is 20.7. The monoisotopic (exact) mass is 410 g/mol. The van der Waals surface area contributed by atoms with Crippen molar-refractivity contribution < 1.29 is 59.5 Å². The van der Waals surface area contributed by atoms with Crippen molar-refractivity contribution in [1.29, 1.82) is 0 Å². The quantitative estimate of drug-likeness (QED) is 0.165. The third-order valence-corrected chi connectivity index (χ3v) is 4.55. The van der Waals surface area contributed by atoms with E-state index < -0.39 is 80.6 Å². The van der Waals surface area contributed by atoms with Gasteiger partial charge < -0.3 is 54.7 Å². The summed E-state index contributed by atoms with van der Waals surface area (Å²) in [7, 11) is 0. The van der Waals surface area contributed by atoms with Gasteiger partial charge in [-0.2, -0.15) is 0 Å². The zero-order valence-electron chi connectivity index (χ0n) is 15.1. The Kier molecular flexibility index (Phi) is 7.87. The fraction of sp³-hybridized carbons (Fsp3) is 0.812. The maximum atomic E-state index is 11.8. The molecule has 2 aliphatic heterocycles. The minimum absolute atomic E-state index is 0.0213. The lowest BCUT2D eigenvalue weighted by Gasteiger charge is -2.45. The van der Waals surface area contributed by atoms with Gasteiger partial charge in [0.1, 0.15) is 42.7 Å². The summed E-state index contributed by atoms with van der Waals surface area (Å²) in [5.41, 5.74) is -0.0213. The lowest BCUT2D eigenvalue weighted by Crippen LogP contribution is -2.65. The van der Waals surface area contributed by atoms with Gasteiger partial charge in [-0.15, -0.1) is 0 Å². The Bertz CT molecular complexity index is 556. The summed E-state index contributed by atoms with van der Waals surface area (Å²) in [5, 5.41) is 68.8. The van der Waals surface area contributed by atoms with Crippen LogP contribution in [0.2, 0.25) is 0 Å². The number of hydrogen-bond donors (Lipinski definition) is 7. The predicted molar refractivity (Wildman–Crippen MR) is 87.3 cm³/mol. The zero-order valence-corrected chi connectivity index (χ0v) is 15.1. The molecule has 2 aliphatic rings. The van der Waals surface area contributed by atoms with Crippen LogP contribution < -0.4 is 0 Å². The van der Waals surface area contributed by atoms with E-state index in [0.29, 0.717) is 0 Å². The van der Waals surface area contributed by atoms with Crippen molar-refractivity contribution >= 4 is 5.97 Å². The van der Waals surface area contributed by atoms with Gasteiger partial charge in [0, 0.05) is 5.57 Å². The fourth-order valence-corrected chi connectivity index (χ4v) is 2.89. The van der Waals surface area contributed by atoms with Crippen LogP contribution in [0.1, 0.15) is 6.92 Å². The predicted octanol–water partition coefficient (Wildman–Crippen LogP) is -4.27. The standard InChI is InChI=1S/C16H26O12/c1-5(2)14(23)27-13-11(22)9(20)7(4-18)26-16(13)28-12-10(21)8(19)6(3-17)25-15(12)24/h6-13,15-22,24H,1,3-4H2,2H3/t6-,7-,8-,9-,10+,11+,12-,13-,15+,16+/m1/s1. The van der Waals surface area contributed by atoms with Crippen molar-refractivity contribution in [2.24, 2.45) is 0 Å². The fourth-order valence-electron chi connectivity index (χ4n) is 2.89. The van der Waals surface area contributed by atoms with Crippen molar-refractivity contribution in [1.82, 2.24) is 0 Å². The molecule has 12 nitrogen and oxygen atoms in total. The van der Waals surface area contributed by atoms with Crippen LogP contribution in [0, 0.1) is 0 Å². The third-order valence-electron chi connectivity index (χ3n) is 4.55. The topological polar surface area (TPSA) is 196 Å². The van der Waals surface area contributed by atoms with Crippen molar-refractivity contribution in [3.8, 4) is 0 Å².